The third-order valence-electron chi connectivity index (χ3n) is 2.95. The molecule has 2 nitrogen and oxygen atoms in total. The fourth-order valence-corrected chi connectivity index (χ4v) is 2.01. The van der Waals surface area contributed by atoms with Crippen LogP contribution >= 0.6 is 0 Å². The minimum absolute atomic E-state index is 0.254. The largest absolute Gasteiger partial charge is 0.508 e. The highest BCUT2D eigenvalue weighted by Gasteiger charge is 2.10. The highest BCUT2D eigenvalue weighted by atomic mass is 16.3. The topological polar surface area (TPSA) is 46.2 Å². The average molecular weight is 227 g/mol. The molecule has 0 bridgehead atoms. The van der Waals surface area contributed by atoms with Crippen LogP contribution in [0.2, 0.25) is 0 Å². The molecule has 2 aromatic rings. The van der Waals surface area contributed by atoms with Crippen LogP contribution in [-0.2, 0) is 6.42 Å². The predicted octanol–water partition coefficient (Wildman–Crippen LogP) is 2.68. The van der Waals surface area contributed by atoms with E-state index in [0.29, 0.717) is 12.3 Å². The first-order valence-corrected chi connectivity index (χ1v) is 5.82. The smallest absolute Gasteiger partial charge is 0.115 e. The van der Waals surface area contributed by atoms with Crippen molar-refractivity contribution in [1.82, 2.24) is 0 Å². The summed E-state index contributed by atoms with van der Waals surface area (Å²) in [6, 6.07) is 17.6. The molecule has 0 radical (unpaired) electrons. The van der Waals surface area contributed by atoms with Crippen molar-refractivity contribution < 1.29 is 5.11 Å². The van der Waals surface area contributed by atoms with E-state index in [4.69, 9.17) is 5.73 Å². The van der Waals surface area contributed by atoms with Crippen molar-refractivity contribution in [2.75, 3.05) is 6.54 Å². The number of aromatic hydroxyl groups is 1. The van der Waals surface area contributed by atoms with Crippen LogP contribution in [0.5, 0.6) is 5.75 Å². The van der Waals surface area contributed by atoms with Crippen molar-refractivity contribution in [2.45, 2.75) is 12.3 Å². The Hall–Kier alpha value is -1.80. The lowest BCUT2D eigenvalue weighted by atomic mass is 9.92. The van der Waals surface area contributed by atoms with Gasteiger partial charge < -0.3 is 10.8 Å². The van der Waals surface area contributed by atoms with Gasteiger partial charge in [0.2, 0.25) is 0 Å². The van der Waals surface area contributed by atoms with Gasteiger partial charge in [-0.15, -0.1) is 0 Å². The van der Waals surface area contributed by atoms with Gasteiger partial charge >= 0.3 is 0 Å². The lowest BCUT2D eigenvalue weighted by Crippen LogP contribution is -2.14. The summed E-state index contributed by atoms with van der Waals surface area (Å²) in [5.74, 6) is 0.554. The molecule has 0 aromatic heterocycles. The molecule has 1 atom stereocenters. The second kappa shape index (κ2) is 5.51. The van der Waals surface area contributed by atoms with E-state index in [-0.39, 0.29) is 5.92 Å². The van der Waals surface area contributed by atoms with Gasteiger partial charge in [0.1, 0.15) is 5.75 Å². The van der Waals surface area contributed by atoms with Crippen molar-refractivity contribution in [1.29, 1.82) is 0 Å². The van der Waals surface area contributed by atoms with Gasteiger partial charge in [0.05, 0.1) is 0 Å². The third kappa shape index (κ3) is 3.08. The fraction of sp³-hybridized carbons (Fsp3) is 0.200. The predicted molar refractivity (Wildman–Crippen MR) is 70.0 cm³/mol. The minimum Gasteiger partial charge on any atom is -0.508 e. The van der Waals surface area contributed by atoms with Gasteiger partial charge in [0, 0.05) is 5.92 Å². The fourth-order valence-electron chi connectivity index (χ4n) is 2.01. The zero-order valence-corrected chi connectivity index (χ0v) is 9.71. The summed E-state index contributed by atoms with van der Waals surface area (Å²) in [5.41, 5.74) is 8.18. The zero-order valence-electron chi connectivity index (χ0n) is 9.71. The molecule has 2 rings (SSSR count). The SMILES string of the molecule is NC[C@H](Cc1ccccc1)c1cccc(O)c1. The van der Waals surface area contributed by atoms with E-state index in [1.165, 1.54) is 5.56 Å². The molecule has 0 heterocycles. The number of nitrogens with two attached hydrogens (primary N) is 1. The lowest BCUT2D eigenvalue weighted by molar-refractivity contribution is 0.473. The summed E-state index contributed by atoms with van der Waals surface area (Å²) in [6.07, 6.45) is 0.904. The molecule has 0 aliphatic rings. The molecular formula is C15H17NO. The number of rotatable bonds is 4. The Morgan fingerprint density at radius 1 is 1.00 bits per heavy atom. The van der Waals surface area contributed by atoms with Crippen LogP contribution in [0, 0.1) is 0 Å². The Balaban J connectivity index is 2.17. The number of phenolic OH excluding ortho intramolecular Hbond substituents is 1. The first kappa shape index (κ1) is 11.7. The Morgan fingerprint density at radius 3 is 2.41 bits per heavy atom. The Bertz CT molecular complexity index is 467. The van der Waals surface area contributed by atoms with Gasteiger partial charge in [-0.1, -0.05) is 42.5 Å². The monoisotopic (exact) mass is 227 g/mol. The van der Waals surface area contributed by atoms with E-state index in [1.807, 2.05) is 30.3 Å². The summed E-state index contributed by atoms with van der Waals surface area (Å²) in [5, 5.41) is 9.48. The second-order valence-electron chi connectivity index (χ2n) is 4.22. The van der Waals surface area contributed by atoms with E-state index in [1.54, 1.807) is 12.1 Å². The number of hydrogen-bond acceptors (Lipinski definition) is 2. The van der Waals surface area contributed by atoms with Gasteiger partial charge in [-0.25, -0.2) is 0 Å². The Labute approximate surface area is 102 Å². The van der Waals surface area contributed by atoms with E-state index in [2.05, 4.69) is 12.1 Å². The highest BCUT2D eigenvalue weighted by molar-refractivity contribution is 5.31. The van der Waals surface area contributed by atoms with Crippen LogP contribution in [0.3, 0.4) is 0 Å². The molecule has 0 saturated heterocycles. The van der Waals surface area contributed by atoms with Gasteiger partial charge in [-0.05, 0) is 36.2 Å². The molecule has 0 spiro atoms. The number of hydrogen-bond donors (Lipinski definition) is 2. The van der Waals surface area contributed by atoms with Crippen molar-refractivity contribution in [2.24, 2.45) is 5.73 Å². The molecule has 0 aliphatic carbocycles. The van der Waals surface area contributed by atoms with Gasteiger partial charge in [0.15, 0.2) is 0 Å². The standard InChI is InChI=1S/C15H17NO/c16-11-14(9-12-5-2-1-3-6-12)13-7-4-8-15(17)10-13/h1-8,10,14,17H,9,11,16H2/t14-/m0/s1. The lowest BCUT2D eigenvalue weighted by Gasteiger charge is -2.15. The quantitative estimate of drug-likeness (QED) is 0.843. The summed E-state index contributed by atoms with van der Waals surface area (Å²) < 4.78 is 0. The normalized spacial score (nSPS) is 12.3. The van der Waals surface area contributed by atoms with E-state index in [0.717, 1.165) is 12.0 Å². The summed E-state index contributed by atoms with van der Waals surface area (Å²) in [7, 11) is 0. The molecule has 0 fully saturated rings. The highest BCUT2D eigenvalue weighted by Crippen LogP contribution is 2.22. The molecule has 0 unspecified atom stereocenters. The van der Waals surface area contributed by atoms with E-state index >= 15 is 0 Å². The van der Waals surface area contributed by atoms with Crippen LogP contribution in [0.1, 0.15) is 17.0 Å². The first-order chi connectivity index (χ1) is 8.29. The van der Waals surface area contributed by atoms with E-state index in [9.17, 15) is 5.11 Å². The van der Waals surface area contributed by atoms with Crippen molar-refractivity contribution >= 4 is 0 Å². The molecule has 2 heteroatoms. The Morgan fingerprint density at radius 2 is 1.76 bits per heavy atom. The molecule has 17 heavy (non-hydrogen) atoms. The first-order valence-electron chi connectivity index (χ1n) is 5.82. The van der Waals surface area contributed by atoms with Gasteiger partial charge in [0.25, 0.3) is 0 Å². The van der Waals surface area contributed by atoms with Crippen molar-refractivity contribution in [3.63, 3.8) is 0 Å². The van der Waals surface area contributed by atoms with Crippen LogP contribution in [0.15, 0.2) is 54.6 Å². The molecule has 2 aromatic carbocycles. The van der Waals surface area contributed by atoms with Gasteiger partial charge in [-0.3, -0.25) is 0 Å². The van der Waals surface area contributed by atoms with Crippen LogP contribution in [-0.4, -0.2) is 11.7 Å². The van der Waals surface area contributed by atoms with E-state index < -0.39 is 0 Å². The maximum atomic E-state index is 9.48. The molecule has 88 valence electrons. The molecular weight excluding hydrogens is 210 g/mol. The third-order valence-corrected chi connectivity index (χ3v) is 2.95. The zero-order chi connectivity index (χ0) is 12.1. The van der Waals surface area contributed by atoms with Crippen LogP contribution in [0.25, 0.3) is 0 Å². The second-order valence-corrected chi connectivity index (χ2v) is 4.22. The molecule has 0 amide bonds. The van der Waals surface area contributed by atoms with Crippen molar-refractivity contribution in [3.05, 3.63) is 65.7 Å². The minimum atomic E-state index is 0.254. The molecule has 0 saturated carbocycles. The molecule has 0 aliphatic heterocycles. The Kier molecular flexibility index (Phi) is 3.78. The maximum Gasteiger partial charge on any atom is 0.115 e. The van der Waals surface area contributed by atoms with Crippen LogP contribution < -0.4 is 5.73 Å². The summed E-state index contributed by atoms with van der Waals surface area (Å²) >= 11 is 0. The molecule has 3 N–H and O–H groups in total. The van der Waals surface area contributed by atoms with Crippen LogP contribution in [0.4, 0.5) is 0 Å². The number of phenols is 1. The summed E-state index contributed by atoms with van der Waals surface area (Å²) in [4.78, 5) is 0. The summed E-state index contributed by atoms with van der Waals surface area (Å²) in [6.45, 7) is 0.582. The number of benzene rings is 2. The van der Waals surface area contributed by atoms with Gasteiger partial charge in [-0.2, -0.15) is 0 Å². The van der Waals surface area contributed by atoms with Crippen molar-refractivity contribution in [3.8, 4) is 5.75 Å². The average Bonchev–Trinajstić information content (AvgIpc) is 2.37. The maximum absolute atomic E-state index is 9.48.